The maximum Gasteiger partial charge on any atom is 0.159 e. The number of halogens is 6. The van der Waals surface area contributed by atoms with E-state index in [2.05, 4.69) is 11.6 Å². The first kappa shape index (κ1) is 30.3. The van der Waals surface area contributed by atoms with E-state index in [4.69, 9.17) is 5.41 Å². The molecular formula is C33H32F6N2. The summed E-state index contributed by atoms with van der Waals surface area (Å²) in [6.45, 7) is 2.51. The SMILES string of the molecule is C=CCC/C(C=N)=C/N=C/C1=CC=C(CF)C(F)[C@H]1C1C(C2=CC=C(C3=CC=CCC3F)CC2F)=CC=C(F)C1F. The smallest absolute Gasteiger partial charge is 0.159 e. The zero-order valence-electron chi connectivity index (χ0n) is 22.4. The number of hydrogen-bond acceptors (Lipinski definition) is 2. The summed E-state index contributed by atoms with van der Waals surface area (Å²) in [6.07, 6.45) is 12.1. The fraction of sp³-hybridized carbons (Fsp3) is 0.333. The van der Waals surface area contributed by atoms with Gasteiger partial charge < -0.3 is 5.41 Å². The molecule has 0 aromatic heterocycles. The summed E-state index contributed by atoms with van der Waals surface area (Å²) < 4.78 is 90.1. The van der Waals surface area contributed by atoms with Crippen LogP contribution in [0.25, 0.3) is 0 Å². The largest absolute Gasteiger partial charge is 0.308 e. The fourth-order valence-corrected chi connectivity index (χ4v) is 5.54. The highest BCUT2D eigenvalue weighted by Gasteiger charge is 2.46. The molecule has 0 heterocycles. The van der Waals surface area contributed by atoms with Gasteiger partial charge in [-0.3, -0.25) is 4.99 Å². The molecule has 4 rings (SSSR count). The Morgan fingerprint density at radius 1 is 0.927 bits per heavy atom. The minimum absolute atomic E-state index is 0.0442. The Labute approximate surface area is 236 Å². The number of nitrogens with zero attached hydrogens (tertiary/aromatic N) is 1. The lowest BCUT2D eigenvalue weighted by Gasteiger charge is -2.39. The summed E-state index contributed by atoms with van der Waals surface area (Å²) in [5.41, 5.74) is 1.44. The second-order valence-corrected chi connectivity index (χ2v) is 10.3. The van der Waals surface area contributed by atoms with E-state index in [9.17, 15) is 13.2 Å². The van der Waals surface area contributed by atoms with Gasteiger partial charge in [0, 0.05) is 43.3 Å². The summed E-state index contributed by atoms with van der Waals surface area (Å²) in [4.78, 5) is 4.19. The van der Waals surface area contributed by atoms with E-state index in [1.54, 1.807) is 30.4 Å². The highest BCUT2D eigenvalue weighted by Crippen LogP contribution is 2.47. The highest BCUT2D eigenvalue weighted by atomic mass is 19.2. The number of alkyl halides is 5. The molecule has 0 fully saturated rings. The summed E-state index contributed by atoms with van der Waals surface area (Å²) >= 11 is 0. The van der Waals surface area contributed by atoms with Crippen LogP contribution in [0.3, 0.4) is 0 Å². The van der Waals surface area contributed by atoms with Gasteiger partial charge in [0.05, 0.1) is 0 Å². The first-order chi connectivity index (χ1) is 19.8. The van der Waals surface area contributed by atoms with E-state index in [1.807, 2.05) is 0 Å². The second kappa shape index (κ2) is 13.8. The normalized spacial score (nSPS) is 30.5. The van der Waals surface area contributed by atoms with Crippen LogP contribution >= 0.6 is 0 Å². The third-order valence-corrected chi connectivity index (χ3v) is 7.73. The Kier molecular flexibility index (Phi) is 10.2. The number of allylic oxidation sites excluding steroid dienone is 18. The minimum Gasteiger partial charge on any atom is -0.308 e. The molecule has 5 unspecified atom stereocenters. The van der Waals surface area contributed by atoms with Gasteiger partial charge in [-0.1, -0.05) is 54.7 Å². The molecule has 0 aromatic carbocycles. The van der Waals surface area contributed by atoms with Crippen LogP contribution in [0.5, 0.6) is 0 Å². The molecule has 4 aliphatic rings. The van der Waals surface area contributed by atoms with Crippen LogP contribution in [-0.2, 0) is 0 Å². The van der Waals surface area contributed by atoms with Crippen molar-refractivity contribution in [1.29, 1.82) is 5.41 Å². The molecule has 41 heavy (non-hydrogen) atoms. The minimum atomic E-state index is -2.31. The van der Waals surface area contributed by atoms with Gasteiger partial charge in [-0.15, -0.1) is 6.58 Å². The predicted molar refractivity (Wildman–Crippen MR) is 153 cm³/mol. The van der Waals surface area contributed by atoms with Crippen molar-refractivity contribution in [2.75, 3.05) is 6.67 Å². The number of hydrogen-bond donors (Lipinski definition) is 1. The van der Waals surface area contributed by atoms with Crippen molar-refractivity contribution in [2.45, 2.75) is 50.4 Å². The van der Waals surface area contributed by atoms with Gasteiger partial charge in [0.25, 0.3) is 0 Å². The van der Waals surface area contributed by atoms with Gasteiger partial charge >= 0.3 is 0 Å². The van der Waals surface area contributed by atoms with Crippen LogP contribution in [0.2, 0.25) is 0 Å². The average molecular weight is 571 g/mol. The van der Waals surface area contributed by atoms with Crippen molar-refractivity contribution in [3.8, 4) is 0 Å². The number of aliphatic imine (C=N–C) groups is 1. The van der Waals surface area contributed by atoms with Crippen molar-refractivity contribution < 1.29 is 26.3 Å². The molecule has 8 heteroatoms. The second-order valence-electron chi connectivity index (χ2n) is 10.3. The zero-order valence-corrected chi connectivity index (χ0v) is 22.4. The molecule has 0 bridgehead atoms. The third kappa shape index (κ3) is 6.63. The summed E-state index contributed by atoms with van der Waals surface area (Å²) in [5, 5.41) is 7.54. The Balaban J connectivity index is 1.73. The van der Waals surface area contributed by atoms with Crippen molar-refractivity contribution >= 4 is 12.4 Å². The topological polar surface area (TPSA) is 36.2 Å². The van der Waals surface area contributed by atoms with Crippen molar-refractivity contribution in [3.63, 3.8) is 0 Å². The fourth-order valence-electron chi connectivity index (χ4n) is 5.54. The van der Waals surface area contributed by atoms with Crippen LogP contribution in [-0.4, -0.2) is 43.8 Å². The van der Waals surface area contributed by atoms with E-state index < -0.39 is 49.0 Å². The Morgan fingerprint density at radius 3 is 2.39 bits per heavy atom. The first-order valence-corrected chi connectivity index (χ1v) is 13.5. The Bertz CT molecular complexity index is 1350. The quantitative estimate of drug-likeness (QED) is 0.155. The van der Waals surface area contributed by atoms with E-state index in [1.165, 1.54) is 36.7 Å². The van der Waals surface area contributed by atoms with Gasteiger partial charge in [0.15, 0.2) is 6.17 Å². The van der Waals surface area contributed by atoms with Crippen LogP contribution < -0.4 is 0 Å². The molecule has 0 spiro atoms. The molecule has 0 aromatic rings. The number of rotatable bonds is 10. The summed E-state index contributed by atoms with van der Waals surface area (Å²) in [6, 6.07) is 0. The summed E-state index contributed by atoms with van der Waals surface area (Å²) in [7, 11) is 0. The van der Waals surface area contributed by atoms with Crippen molar-refractivity contribution in [1.82, 2.24) is 0 Å². The third-order valence-electron chi connectivity index (χ3n) is 7.73. The van der Waals surface area contributed by atoms with Gasteiger partial charge in [0.2, 0.25) is 0 Å². The predicted octanol–water partition coefficient (Wildman–Crippen LogP) is 8.91. The molecule has 0 aliphatic heterocycles. The number of nitrogens with one attached hydrogen (secondary N) is 1. The lowest BCUT2D eigenvalue weighted by molar-refractivity contribution is 0.156. The van der Waals surface area contributed by atoms with E-state index >= 15 is 13.2 Å². The molecule has 0 saturated carbocycles. The highest BCUT2D eigenvalue weighted by molar-refractivity contribution is 5.83. The Morgan fingerprint density at radius 2 is 1.71 bits per heavy atom. The van der Waals surface area contributed by atoms with E-state index in [0.29, 0.717) is 29.6 Å². The first-order valence-electron chi connectivity index (χ1n) is 13.5. The molecule has 1 N–H and O–H groups in total. The van der Waals surface area contributed by atoms with Gasteiger partial charge in [-0.25, -0.2) is 26.3 Å². The molecule has 0 saturated heterocycles. The standard InChI is InChI=1S/C33H32F6N2/c1-2-3-6-20(17-40)18-41-19-23-10-9-22(16-34)32(38)30(23)31-26(13-14-28(36)33(31)39)25-12-11-21(15-29(25)37)24-7-4-5-8-27(24)35/h2,4-5,7,9-14,17-19,27,29-33,40H,1,3,6,8,15-16H2/b20-18-,40-17?,41-19+/t27?,29?,30-,31?,32?,33?/m1/s1. The Hall–Kier alpha value is -3.68. The average Bonchev–Trinajstić information content (AvgIpc) is 2.97. The van der Waals surface area contributed by atoms with Crippen LogP contribution in [0.4, 0.5) is 26.3 Å². The maximum absolute atomic E-state index is 15.9. The lowest BCUT2D eigenvalue weighted by atomic mass is 9.68. The molecule has 4 aliphatic carbocycles. The molecule has 0 amide bonds. The summed E-state index contributed by atoms with van der Waals surface area (Å²) in [5.74, 6) is -4.06. The van der Waals surface area contributed by atoms with Crippen molar-refractivity contribution in [2.24, 2.45) is 16.8 Å². The van der Waals surface area contributed by atoms with Crippen LogP contribution in [0.1, 0.15) is 25.7 Å². The van der Waals surface area contributed by atoms with Gasteiger partial charge in [0.1, 0.15) is 31.0 Å². The monoisotopic (exact) mass is 570 g/mol. The molecule has 6 atom stereocenters. The van der Waals surface area contributed by atoms with Crippen LogP contribution in [0.15, 0.2) is 123 Å². The zero-order chi connectivity index (χ0) is 29.5. The lowest BCUT2D eigenvalue weighted by Crippen LogP contribution is -2.40. The molecule has 216 valence electrons. The molecular weight excluding hydrogens is 538 g/mol. The van der Waals surface area contributed by atoms with Gasteiger partial charge in [-0.05, 0) is 57.9 Å². The molecule has 2 nitrogen and oxygen atoms in total. The van der Waals surface area contributed by atoms with Gasteiger partial charge in [-0.2, -0.15) is 0 Å². The molecule has 0 radical (unpaired) electrons. The van der Waals surface area contributed by atoms with E-state index in [0.717, 1.165) is 12.3 Å². The van der Waals surface area contributed by atoms with Crippen LogP contribution in [0, 0.1) is 17.2 Å². The maximum atomic E-state index is 15.9. The van der Waals surface area contributed by atoms with Crippen molar-refractivity contribution in [3.05, 3.63) is 118 Å². The van der Waals surface area contributed by atoms with E-state index in [-0.39, 0.29) is 35.1 Å².